The number of phenols is 1. The number of nitro benzene ring substituents is 2. The molecule has 0 saturated heterocycles. The first-order valence-electron chi connectivity index (χ1n) is 3.34. The van der Waals surface area contributed by atoms with Crippen LogP contribution in [0.1, 0.15) is 0 Å². The fourth-order valence-corrected chi connectivity index (χ4v) is 0.870. The van der Waals surface area contributed by atoms with Crippen LogP contribution < -0.4 is 5.73 Å². The van der Waals surface area contributed by atoms with Gasteiger partial charge in [0.15, 0.2) is 0 Å². The molecule has 9 heteroatoms. The van der Waals surface area contributed by atoms with Crippen molar-refractivity contribution >= 4 is 46.6 Å². The molecule has 15 heavy (non-hydrogen) atoms. The Labute approximate surface area is 105 Å². The van der Waals surface area contributed by atoms with Crippen molar-refractivity contribution in [2.75, 3.05) is 5.73 Å². The summed E-state index contributed by atoms with van der Waals surface area (Å²) in [6, 6.07) is 1.49. The number of nitrogens with two attached hydrogens (primary N) is 1. The monoisotopic (exact) mass is 222 g/mol. The molecule has 0 unspecified atom stereocenters. The first-order chi connectivity index (χ1) is 6.43. The van der Waals surface area contributed by atoms with Crippen LogP contribution in [-0.2, 0) is 0 Å². The van der Waals surface area contributed by atoms with Gasteiger partial charge >= 0.3 is 5.69 Å². The summed E-state index contributed by atoms with van der Waals surface area (Å²) < 4.78 is 0. The summed E-state index contributed by atoms with van der Waals surface area (Å²) in [4.78, 5) is 18.8. The van der Waals surface area contributed by atoms with E-state index in [2.05, 4.69) is 0 Å². The van der Waals surface area contributed by atoms with Crippen LogP contribution in [0, 0.1) is 20.2 Å². The number of anilines is 1. The van der Waals surface area contributed by atoms with E-state index in [4.69, 9.17) is 10.8 Å². The largest absolute Gasteiger partial charge is 0.501 e. The van der Waals surface area contributed by atoms with E-state index in [-0.39, 0.29) is 29.6 Å². The third kappa shape index (κ3) is 2.78. The number of benzene rings is 1. The van der Waals surface area contributed by atoms with Crippen molar-refractivity contribution in [1.29, 1.82) is 0 Å². The van der Waals surface area contributed by atoms with Gasteiger partial charge < -0.3 is 10.8 Å². The average Bonchev–Trinajstić information content (AvgIpc) is 2.08. The first kappa shape index (κ1) is 13.6. The summed E-state index contributed by atoms with van der Waals surface area (Å²) in [5.41, 5.74) is 3.42. The van der Waals surface area contributed by atoms with Gasteiger partial charge in [-0.05, 0) is 0 Å². The fourth-order valence-electron chi connectivity index (χ4n) is 0.870. The maximum atomic E-state index is 10.3. The predicted molar refractivity (Wildman–Crippen MR) is 51.6 cm³/mol. The van der Waals surface area contributed by atoms with Gasteiger partial charge in [-0.1, -0.05) is 0 Å². The minimum Gasteiger partial charge on any atom is -0.501 e. The van der Waals surface area contributed by atoms with Crippen LogP contribution in [-0.4, -0.2) is 44.5 Å². The number of non-ortho nitro benzene ring substituents is 1. The smallest absolute Gasteiger partial charge is 0.319 e. The predicted octanol–water partition coefficient (Wildman–Crippen LogP) is 0.410. The molecule has 0 fully saturated rings. The number of hydrogen-bond donors (Lipinski definition) is 2. The van der Waals surface area contributed by atoms with Gasteiger partial charge in [-0.15, -0.1) is 0 Å². The Kier molecular flexibility index (Phi) is 4.46. The van der Waals surface area contributed by atoms with Crippen LogP contribution in [0.4, 0.5) is 17.1 Å². The molecular formula is C6H5N3NaO5. The van der Waals surface area contributed by atoms with Crippen molar-refractivity contribution in [3.63, 3.8) is 0 Å². The molecule has 0 aliphatic rings. The van der Waals surface area contributed by atoms with Gasteiger partial charge in [-0.2, -0.15) is 0 Å². The third-order valence-corrected chi connectivity index (χ3v) is 1.51. The fraction of sp³-hybridized carbons (Fsp3) is 0. The zero-order valence-electron chi connectivity index (χ0n) is 7.71. The van der Waals surface area contributed by atoms with Crippen molar-refractivity contribution < 1.29 is 15.0 Å². The second-order valence-corrected chi connectivity index (χ2v) is 2.42. The Morgan fingerprint density at radius 2 is 1.73 bits per heavy atom. The van der Waals surface area contributed by atoms with Crippen molar-refractivity contribution in [1.82, 2.24) is 0 Å². The maximum Gasteiger partial charge on any atom is 0.319 e. The number of nitrogen functional groups attached to an aromatic ring is 1. The van der Waals surface area contributed by atoms with Crippen LogP contribution >= 0.6 is 0 Å². The van der Waals surface area contributed by atoms with Crippen LogP contribution in [0.5, 0.6) is 5.75 Å². The van der Waals surface area contributed by atoms with Gasteiger partial charge in [0.1, 0.15) is 0 Å². The number of rotatable bonds is 2. The molecule has 3 N–H and O–H groups in total. The summed E-state index contributed by atoms with van der Waals surface area (Å²) in [6.45, 7) is 0. The zero-order valence-corrected chi connectivity index (χ0v) is 9.71. The number of aromatic hydroxyl groups is 1. The average molecular weight is 222 g/mol. The van der Waals surface area contributed by atoms with Crippen LogP contribution in [0.3, 0.4) is 0 Å². The van der Waals surface area contributed by atoms with Gasteiger partial charge in [0.25, 0.3) is 5.69 Å². The summed E-state index contributed by atoms with van der Waals surface area (Å²) in [5, 5.41) is 29.7. The Hall–Kier alpha value is -1.38. The van der Waals surface area contributed by atoms with Crippen molar-refractivity contribution in [3.8, 4) is 5.75 Å². The first-order valence-corrected chi connectivity index (χ1v) is 3.34. The van der Waals surface area contributed by atoms with Crippen LogP contribution in [0.25, 0.3) is 0 Å². The zero-order chi connectivity index (χ0) is 10.9. The minimum absolute atomic E-state index is 0. The number of hydrogen-bond acceptors (Lipinski definition) is 6. The van der Waals surface area contributed by atoms with E-state index in [9.17, 15) is 20.2 Å². The maximum absolute atomic E-state index is 10.3. The minimum atomic E-state index is -0.946. The molecule has 0 heterocycles. The van der Waals surface area contributed by atoms with Crippen LogP contribution in [0.15, 0.2) is 12.1 Å². The van der Waals surface area contributed by atoms with Gasteiger partial charge in [-0.3, -0.25) is 20.2 Å². The molecule has 0 aromatic heterocycles. The Morgan fingerprint density at radius 3 is 2.13 bits per heavy atom. The van der Waals surface area contributed by atoms with Crippen molar-refractivity contribution in [3.05, 3.63) is 32.4 Å². The quantitative estimate of drug-likeness (QED) is 0.245. The summed E-state index contributed by atoms with van der Waals surface area (Å²) in [5.74, 6) is -0.763. The SMILES string of the molecule is Nc1cc([N+](=O)[O-])cc([N+](=O)[O-])c1O.[Na]. The summed E-state index contributed by atoms with van der Waals surface area (Å²) in [7, 11) is 0. The van der Waals surface area contributed by atoms with Gasteiger partial charge in [0.05, 0.1) is 21.6 Å². The van der Waals surface area contributed by atoms with Crippen molar-refractivity contribution in [2.45, 2.75) is 0 Å². The molecule has 0 atom stereocenters. The second-order valence-electron chi connectivity index (χ2n) is 2.42. The summed E-state index contributed by atoms with van der Waals surface area (Å²) >= 11 is 0. The normalized spacial score (nSPS) is 9.07. The molecule has 0 spiro atoms. The topological polar surface area (TPSA) is 133 Å². The Bertz CT molecular complexity index is 421. The van der Waals surface area contributed by atoms with Gasteiger partial charge in [-0.25, -0.2) is 0 Å². The van der Waals surface area contributed by atoms with E-state index in [0.717, 1.165) is 6.07 Å². The third-order valence-electron chi connectivity index (χ3n) is 1.51. The number of nitrogens with zero attached hydrogens (tertiary/aromatic N) is 2. The molecule has 0 amide bonds. The summed E-state index contributed by atoms with van der Waals surface area (Å²) in [6.07, 6.45) is 0. The Balaban J connectivity index is 0.00000196. The van der Waals surface area contributed by atoms with E-state index in [1.165, 1.54) is 0 Å². The van der Waals surface area contributed by atoms with E-state index in [1.807, 2.05) is 0 Å². The van der Waals surface area contributed by atoms with E-state index < -0.39 is 32.7 Å². The standard InChI is InChI=1S/C6H5N3O5.Na/c7-4-1-3(8(11)12)2-5(6(4)10)9(13)14;/h1-2,10H,7H2;. The molecule has 1 rings (SSSR count). The Morgan fingerprint density at radius 1 is 1.20 bits per heavy atom. The van der Waals surface area contributed by atoms with Gasteiger partial charge in [0, 0.05) is 35.6 Å². The molecule has 1 aromatic rings. The molecule has 0 saturated carbocycles. The molecule has 1 radical (unpaired) electrons. The number of phenolic OH excluding ortho intramolecular Hbond substituents is 1. The molecule has 75 valence electrons. The van der Waals surface area contributed by atoms with Gasteiger partial charge in [0.2, 0.25) is 5.75 Å². The van der Waals surface area contributed by atoms with Crippen LogP contribution in [0.2, 0.25) is 0 Å². The molecule has 0 aliphatic heterocycles. The second kappa shape index (κ2) is 4.91. The van der Waals surface area contributed by atoms with Crippen molar-refractivity contribution in [2.24, 2.45) is 0 Å². The van der Waals surface area contributed by atoms with E-state index >= 15 is 0 Å². The molecular weight excluding hydrogens is 217 g/mol. The molecule has 1 aromatic carbocycles. The molecule has 0 bridgehead atoms. The number of nitro groups is 2. The molecule has 8 nitrogen and oxygen atoms in total. The molecule has 0 aliphatic carbocycles. The van der Waals surface area contributed by atoms with E-state index in [0.29, 0.717) is 6.07 Å². The van der Waals surface area contributed by atoms with E-state index in [1.54, 1.807) is 0 Å².